The van der Waals surface area contributed by atoms with Gasteiger partial charge >= 0.3 is 0 Å². The molecule has 0 aromatic heterocycles. The molecule has 2 aliphatic rings. The molecule has 0 spiro atoms. The molecule has 0 radical (unpaired) electrons. The summed E-state index contributed by atoms with van der Waals surface area (Å²) in [4.78, 5) is 18.0. The number of rotatable bonds is 3. The number of carbonyl (C=O) groups excluding carboxylic acids is 1. The number of hydrogen-bond donors (Lipinski definition) is 0. The molecule has 0 bridgehead atoms. The van der Waals surface area contributed by atoms with Gasteiger partial charge in [0.25, 0.3) is 0 Å². The molecule has 9 heteroatoms. The van der Waals surface area contributed by atoms with Gasteiger partial charge in [-0.25, -0.2) is 12.8 Å². The Balaban J connectivity index is 1.99. The van der Waals surface area contributed by atoms with Gasteiger partial charge in [-0.1, -0.05) is 37.2 Å². The van der Waals surface area contributed by atoms with Crippen LogP contribution in [0.1, 0.15) is 20.3 Å². The molecule has 0 aliphatic carbocycles. The van der Waals surface area contributed by atoms with E-state index in [2.05, 4.69) is 4.99 Å². The highest BCUT2D eigenvalue weighted by atomic mass is 35.5. The Morgan fingerprint density at radius 1 is 1.44 bits per heavy atom. The minimum Gasteiger partial charge on any atom is -0.315 e. The van der Waals surface area contributed by atoms with Crippen molar-refractivity contribution in [3.8, 4) is 0 Å². The fraction of sp³-hybridized carbons (Fsp3) is 0.500. The molecule has 5 nitrogen and oxygen atoms in total. The van der Waals surface area contributed by atoms with Crippen molar-refractivity contribution in [1.82, 2.24) is 0 Å². The summed E-state index contributed by atoms with van der Waals surface area (Å²) in [5.41, 5.74) is 0.454. The lowest BCUT2D eigenvalue weighted by molar-refractivity contribution is -0.118. The number of aliphatic imine (C=N–C) groups is 1. The van der Waals surface area contributed by atoms with Gasteiger partial charge in [-0.3, -0.25) is 4.79 Å². The highest BCUT2D eigenvalue weighted by molar-refractivity contribution is 8.16. The Morgan fingerprint density at radius 3 is 2.80 bits per heavy atom. The molecule has 1 aromatic carbocycles. The molecular formula is C16H18ClFN2O3S2. The van der Waals surface area contributed by atoms with Crippen molar-refractivity contribution in [2.75, 3.05) is 16.4 Å². The van der Waals surface area contributed by atoms with Crippen LogP contribution < -0.4 is 4.90 Å². The van der Waals surface area contributed by atoms with Crippen LogP contribution in [-0.4, -0.2) is 42.3 Å². The average molecular weight is 405 g/mol. The van der Waals surface area contributed by atoms with E-state index in [0.29, 0.717) is 17.3 Å². The second kappa shape index (κ2) is 6.89. The minimum atomic E-state index is -3.16. The molecule has 2 atom stereocenters. The van der Waals surface area contributed by atoms with Crippen LogP contribution in [0.5, 0.6) is 0 Å². The van der Waals surface area contributed by atoms with Crippen LogP contribution in [0.3, 0.4) is 0 Å². The van der Waals surface area contributed by atoms with Crippen LogP contribution in [0.25, 0.3) is 0 Å². The van der Waals surface area contributed by atoms with Gasteiger partial charge in [-0.2, -0.15) is 4.99 Å². The fourth-order valence-corrected chi connectivity index (χ4v) is 7.05. The molecule has 1 amide bonds. The number of carbonyl (C=O) groups is 1. The first-order chi connectivity index (χ1) is 11.7. The molecule has 0 N–H and O–H groups in total. The molecule has 0 saturated carbocycles. The lowest BCUT2D eigenvalue weighted by atomic mass is 10.1. The van der Waals surface area contributed by atoms with E-state index in [9.17, 15) is 17.6 Å². The van der Waals surface area contributed by atoms with Gasteiger partial charge in [0.15, 0.2) is 15.0 Å². The van der Waals surface area contributed by atoms with Gasteiger partial charge in [0.05, 0.1) is 22.6 Å². The SMILES string of the molecule is CC(C)CC(=O)N=C1S[C@@H]2CS(=O)(=O)C[C@H]2N1c1ccc(Cl)c(F)c1. The Kier molecular flexibility index (Phi) is 5.14. The standard InChI is InChI=1S/C16H18ClFN2O3S2/c1-9(2)5-15(21)19-16-20(10-3-4-11(17)12(18)6-10)13-7-25(22,23)8-14(13)24-16/h3-4,6,9,13-14H,5,7-8H2,1-2H3/t13-,14-/m1/s1. The van der Waals surface area contributed by atoms with E-state index < -0.39 is 15.7 Å². The molecule has 1 aromatic rings. The maximum absolute atomic E-state index is 13.9. The molecule has 3 rings (SSSR count). The van der Waals surface area contributed by atoms with Crippen LogP contribution in [0.2, 0.25) is 5.02 Å². The minimum absolute atomic E-state index is 0.0134. The lowest BCUT2D eigenvalue weighted by Crippen LogP contribution is -2.37. The highest BCUT2D eigenvalue weighted by Crippen LogP contribution is 2.41. The largest absolute Gasteiger partial charge is 0.315 e. The van der Waals surface area contributed by atoms with Gasteiger partial charge in [-0.15, -0.1) is 0 Å². The first-order valence-electron chi connectivity index (χ1n) is 7.89. The van der Waals surface area contributed by atoms with Gasteiger partial charge in [0.2, 0.25) is 5.91 Å². The molecule has 2 saturated heterocycles. The first kappa shape index (κ1) is 18.7. The Labute approximate surface area is 155 Å². The number of amides is 1. The number of amidine groups is 1. The van der Waals surface area contributed by atoms with Gasteiger partial charge in [0, 0.05) is 17.4 Å². The third-order valence-corrected chi connectivity index (χ3v) is 7.57. The van der Waals surface area contributed by atoms with E-state index in [1.165, 1.54) is 23.9 Å². The maximum Gasteiger partial charge on any atom is 0.248 e. The van der Waals surface area contributed by atoms with Crippen LogP contribution in [0, 0.1) is 11.7 Å². The van der Waals surface area contributed by atoms with Crippen LogP contribution in [0.15, 0.2) is 23.2 Å². The third kappa shape index (κ3) is 4.01. The van der Waals surface area contributed by atoms with Crippen molar-refractivity contribution in [2.24, 2.45) is 10.9 Å². The third-order valence-electron chi connectivity index (χ3n) is 4.05. The summed E-state index contributed by atoms with van der Waals surface area (Å²) < 4.78 is 37.8. The van der Waals surface area contributed by atoms with Crippen molar-refractivity contribution in [3.05, 3.63) is 29.0 Å². The molecular weight excluding hydrogens is 387 g/mol. The Bertz CT molecular complexity index is 842. The molecule has 2 aliphatic heterocycles. The normalized spacial score (nSPS) is 26.4. The van der Waals surface area contributed by atoms with Crippen LogP contribution in [0.4, 0.5) is 10.1 Å². The van der Waals surface area contributed by atoms with Crippen molar-refractivity contribution in [3.63, 3.8) is 0 Å². The second-order valence-electron chi connectivity index (χ2n) is 6.66. The summed E-state index contributed by atoms with van der Waals surface area (Å²) in [6.45, 7) is 3.85. The van der Waals surface area contributed by atoms with Crippen molar-refractivity contribution < 1.29 is 17.6 Å². The average Bonchev–Trinajstić information content (AvgIpc) is 2.92. The number of halogens is 2. The monoisotopic (exact) mass is 404 g/mol. The van der Waals surface area contributed by atoms with Crippen molar-refractivity contribution >= 4 is 50.0 Å². The zero-order valence-corrected chi connectivity index (χ0v) is 16.2. The van der Waals surface area contributed by atoms with Crippen molar-refractivity contribution in [1.29, 1.82) is 0 Å². The smallest absolute Gasteiger partial charge is 0.248 e. The number of hydrogen-bond acceptors (Lipinski definition) is 4. The second-order valence-corrected chi connectivity index (χ2v) is 10.4. The summed E-state index contributed by atoms with van der Waals surface area (Å²) in [5.74, 6) is -0.691. The van der Waals surface area contributed by atoms with E-state index in [-0.39, 0.29) is 39.6 Å². The summed E-state index contributed by atoms with van der Waals surface area (Å²) in [7, 11) is -3.16. The number of fused-ring (bicyclic) bond motifs is 1. The van der Waals surface area contributed by atoms with E-state index in [0.717, 1.165) is 0 Å². The predicted molar refractivity (Wildman–Crippen MR) is 99.6 cm³/mol. The van der Waals surface area contributed by atoms with Crippen molar-refractivity contribution in [2.45, 2.75) is 31.6 Å². The van der Waals surface area contributed by atoms with Gasteiger partial charge in [0.1, 0.15) is 5.82 Å². The van der Waals surface area contributed by atoms with E-state index >= 15 is 0 Å². The summed E-state index contributed by atoms with van der Waals surface area (Å²) >= 11 is 7.02. The number of nitrogens with zero attached hydrogens (tertiary/aromatic N) is 2. The molecule has 2 fully saturated rings. The number of sulfone groups is 1. The highest BCUT2D eigenvalue weighted by Gasteiger charge is 2.49. The number of benzene rings is 1. The molecule has 25 heavy (non-hydrogen) atoms. The van der Waals surface area contributed by atoms with Gasteiger partial charge in [-0.05, 0) is 24.1 Å². The molecule has 136 valence electrons. The topological polar surface area (TPSA) is 66.8 Å². The lowest BCUT2D eigenvalue weighted by Gasteiger charge is -2.24. The number of anilines is 1. The Morgan fingerprint density at radius 2 is 2.16 bits per heavy atom. The van der Waals surface area contributed by atoms with E-state index in [1.54, 1.807) is 11.0 Å². The van der Waals surface area contributed by atoms with Crippen LogP contribution in [-0.2, 0) is 14.6 Å². The fourth-order valence-electron chi connectivity index (χ4n) is 3.00. The van der Waals surface area contributed by atoms with E-state index in [1.807, 2.05) is 13.8 Å². The zero-order chi connectivity index (χ0) is 18.4. The zero-order valence-electron chi connectivity index (χ0n) is 13.8. The predicted octanol–water partition coefficient (Wildman–Crippen LogP) is 3.13. The molecule has 2 heterocycles. The van der Waals surface area contributed by atoms with Gasteiger partial charge < -0.3 is 4.90 Å². The Hall–Kier alpha value is -1.12. The summed E-state index contributed by atoms with van der Waals surface area (Å²) in [5, 5.41) is 0.201. The quantitative estimate of drug-likeness (QED) is 0.774. The van der Waals surface area contributed by atoms with E-state index in [4.69, 9.17) is 11.6 Å². The summed E-state index contributed by atoms with van der Waals surface area (Å²) in [6, 6.07) is 3.92. The summed E-state index contributed by atoms with van der Waals surface area (Å²) in [6.07, 6.45) is 0.306. The molecule has 0 unspecified atom stereocenters. The number of thioether (sulfide) groups is 1. The van der Waals surface area contributed by atoms with Crippen LogP contribution >= 0.6 is 23.4 Å². The first-order valence-corrected chi connectivity index (χ1v) is 11.0. The maximum atomic E-state index is 13.9.